The highest BCUT2D eigenvalue weighted by Crippen LogP contribution is 2.26. The van der Waals surface area contributed by atoms with E-state index in [1.807, 2.05) is 18.7 Å². The summed E-state index contributed by atoms with van der Waals surface area (Å²) >= 11 is 0. The molecule has 1 aromatic rings. The van der Waals surface area contributed by atoms with Crippen molar-refractivity contribution in [3.8, 4) is 0 Å². The summed E-state index contributed by atoms with van der Waals surface area (Å²) in [5.74, 6) is 3.10. The van der Waals surface area contributed by atoms with Crippen LogP contribution in [0.3, 0.4) is 0 Å². The van der Waals surface area contributed by atoms with Gasteiger partial charge < -0.3 is 15.2 Å². The van der Waals surface area contributed by atoms with Crippen molar-refractivity contribution in [3.63, 3.8) is 0 Å². The van der Waals surface area contributed by atoms with E-state index in [1.54, 1.807) is 0 Å². The highest BCUT2D eigenvalue weighted by Gasteiger charge is 2.28. The van der Waals surface area contributed by atoms with Gasteiger partial charge in [-0.3, -0.25) is 0 Å². The molecule has 0 amide bonds. The van der Waals surface area contributed by atoms with Gasteiger partial charge in [-0.25, -0.2) is 0 Å². The van der Waals surface area contributed by atoms with E-state index in [2.05, 4.69) is 27.8 Å². The first-order chi connectivity index (χ1) is 6.74. The zero-order chi connectivity index (χ0) is 10.1. The van der Waals surface area contributed by atoms with Gasteiger partial charge in [0, 0.05) is 20.0 Å². The van der Waals surface area contributed by atoms with E-state index < -0.39 is 0 Å². The van der Waals surface area contributed by atoms with Gasteiger partial charge in [0.2, 0.25) is 5.95 Å². The summed E-state index contributed by atoms with van der Waals surface area (Å²) in [6.45, 7) is 4.42. The third kappa shape index (κ3) is 1.37. The fourth-order valence-electron chi connectivity index (χ4n) is 1.83. The molecule has 0 aromatic carbocycles. The van der Waals surface area contributed by atoms with Gasteiger partial charge in [-0.15, -0.1) is 10.2 Å². The molecule has 0 aliphatic carbocycles. The van der Waals surface area contributed by atoms with Crippen LogP contribution >= 0.6 is 0 Å². The van der Waals surface area contributed by atoms with E-state index in [0.717, 1.165) is 24.9 Å². The Morgan fingerprint density at radius 1 is 1.50 bits per heavy atom. The molecule has 2 N–H and O–H groups in total. The van der Waals surface area contributed by atoms with E-state index in [1.165, 1.54) is 0 Å². The Morgan fingerprint density at radius 3 is 2.64 bits per heavy atom. The summed E-state index contributed by atoms with van der Waals surface area (Å²) in [7, 11) is 3.87. The summed E-state index contributed by atoms with van der Waals surface area (Å²) in [5, 5.41) is 14.6. The lowest BCUT2D eigenvalue weighted by Crippen LogP contribution is -2.45. The Kier molecular flexibility index (Phi) is 2.41. The van der Waals surface area contributed by atoms with Gasteiger partial charge in [-0.05, 0) is 19.0 Å². The summed E-state index contributed by atoms with van der Waals surface area (Å²) in [6.07, 6.45) is 0. The molecule has 78 valence electrons. The van der Waals surface area contributed by atoms with E-state index in [4.69, 9.17) is 0 Å². The second-order valence-corrected chi connectivity index (χ2v) is 3.90. The smallest absolute Gasteiger partial charge is 0.224 e. The molecular weight excluding hydrogens is 178 g/mol. The minimum atomic E-state index is 0.482. The third-order valence-electron chi connectivity index (χ3n) is 3.06. The quantitative estimate of drug-likeness (QED) is 0.722. The van der Waals surface area contributed by atoms with Gasteiger partial charge in [0.05, 0.1) is 0 Å². The first-order valence-electron chi connectivity index (χ1n) is 5.01. The highest BCUT2D eigenvalue weighted by atomic mass is 15.3. The van der Waals surface area contributed by atoms with Crippen LogP contribution in [-0.2, 0) is 7.05 Å². The van der Waals surface area contributed by atoms with Crippen molar-refractivity contribution < 1.29 is 0 Å². The van der Waals surface area contributed by atoms with Crippen LogP contribution in [0.2, 0.25) is 0 Å². The zero-order valence-electron chi connectivity index (χ0n) is 8.91. The molecule has 5 nitrogen and oxygen atoms in total. The summed E-state index contributed by atoms with van der Waals surface area (Å²) < 4.78 is 2.03. The molecule has 0 saturated carbocycles. The average Bonchev–Trinajstić information content (AvgIpc) is 2.43. The molecule has 1 fully saturated rings. The number of hydrogen-bond donors (Lipinski definition) is 2. The first-order valence-corrected chi connectivity index (χ1v) is 5.01. The largest absolute Gasteiger partial charge is 0.357 e. The molecule has 1 atom stereocenters. The lowest BCUT2D eigenvalue weighted by molar-refractivity contribution is 0.292. The monoisotopic (exact) mass is 195 g/mol. The van der Waals surface area contributed by atoms with Crippen molar-refractivity contribution >= 4 is 5.95 Å². The lowest BCUT2D eigenvalue weighted by atomic mass is 9.88. The summed E-state index contributed by atoms with van der Waals surface area (Å²) in [5.41, 5.74) is 0. The number of anilines is 1. The molecule has 2 rings (SSSR count). The maximum atomic E-state index is 4.21. The summed E-state index contributed by atoms with van der Waals surface area (Å²) in [4.78, 5) is 0. The van der Waals surface area contributed by atoms with E-state index in [-0.39, 0.29) is 0 Å². The van der Waals surface area contributed by atoms with Crippen LogP contribution in [0.15, 0.2) is 0 Å². The minimum Gasteiger partial charge on any atom is -0.357 e. The molecule has 14 heavy (non-hydrogen) atoms. The average molecular weight is 195 g/mol. The van der Waals surface area contributed by atoms with Gasteiger partial charge in [0.15, 0.2) is 0 Å². The molecular formula is C9H17N5. The van der Waals surface area contributed by atoms with Crippen LogP contribution in [0.1, 0.15) is 18.7 Å². The predicted molar refractivity (Wildman–Crippen MR) is 55.3 cm³/mol. The number of rotatable bonds is 3. The molecule has 5 heteroatoms. The molecule has 2 heterocycles. The first kappa shape index (κ1) is 9.45. The maximum Gasteiger partial charge on any atom is 0.224 e. The number of nitrogens with one attached hydrogen (secondary N) is 2. The molecule has 0 spiro atoms. The second kappa shape index (κ2) is 3.57. The van der Waals surface area contributed by atoms with Crippen LogP contribution in [0, 0.1) is 5.92 Å². The van der Waals surface area contributed by atoms with Crippen LogP contribution < -0.4 is 10.6 Å². The number of aromatic nitrogens is 3. The fourth-order valence-corrected chi connectivity index (χ4v) is 1.83. The molecule has 1 saturated heterocycles. The van der Waals surface area contributed by atoms with E-state index in [0.29, 0.717) is 11.8 Å². The van der Waals surface area contributed by atoms with Crippen LogP contribution in [0.25, 0.3) is 0 Å². The maximum absolute atomic E-state index is 4.21. The molecule has 1 unspecified atom stereocenters. The van der Waals surface area contributed by atoms with Gasteiger partial charge in [-0.1, -0.05) is 6.92 Å². The standard InChI is InChI=1S/C9H17N5/c1-6(7-4-11-5-7)8-12-13-9(10-2)14(8)3/h6-7,11H,4-5H2,1-3H3,(H,10,13). The van der Waals surface area contributed by atoms with Crippen molar-refractivity contribution in [3.05, 3.63) is 5.82 Å². The van der Waals surface area contributed by atoms with Crippen LogP contribution in [0.4, 0.5) is 5.95 Å². The van der Waals surface area contributed by atoms with Crippen LogP contribution in [-0.4, -0.2) is 34.9 Å². The van der Waals surface area contributed by atoms with Gasteiger partial charge in [0.25, 0.3) is 0 Å². The number of hydrogen-bond acceptors (Lipinski definition) is 4. The third-order valence-corrected chi connectivity index (χ3v) is 3.06. The van der Waals surface area contributed by atoms with E-state index >= 15 is 0 Å². The van der Waals surface area contributed by atoms with Crippen molar-refractivity contribution in [2.45, 2.75) is 12.8 Å². The molecule has 1 aliphatic rings. The van der Waals surface area contributed by atoms with Crippen molar-refractivity contribution in [2.75, 3.05) is 25.5 Å². The Morgan fingerprint density at radius 2 is 2.21 bits per heavy atom. The molecule has 1 aromatic heterocycles. The Hall–Kier alpha value is -1.10. The zero-order valence-corrected chi connectivity index (χ0v) is 8.91. The Balaban J connectivity index is 2.18. The Labute approximate surface area is 83.9 Å². The van der Waals surface area contributed by atoms with Crippen molar-refractivity contribution in [2.24, 2.45) is 13.0 Å². The Bertz CT molecular complexity index is 315. The lowest BCUT2D eigenvalue weighted by Gasteiger charge is -2.31. The van der Waals surface area contributed by atoms with Gasteiger partial charge in [-0.2, -0.15) is 0 Å². The van der Waals surface area contributed by atoms with Crippen molar-refractivity contribution in [1.82, 2.24) is 20.1 Å². The highest BCUT2D eigenvalue weighted by molar-refractivity contribution is 5.25. The molecule has 0 bridgehead atoms. The SMILES string of the molecule is CNc1nnc(C(C)C2CNC2)n1C. The van der Waals surface area contributed by atoms with Crippen molar-refractivity contribution in [1.29, 1.82) is 0 Å². The van der Waals surface area contributed by atoms with Gasteiger partial charge in [0.1, 0.15) is 5.82 Å². The minimum absolute atomic E-state index is 0.482. The normalized spacial score (nSPS) is 19.1. The van der Waals surface area contributed by atoms with E-state index in [9.17, 15) is 0 Å². The second-order valence-electron chi connectivity index (χ2n) is 3.90. The topological polar surface area (TPSA) is 54.8 Å². The number of nitrogens with zero attached hydrogens (tertiary/aromatic N) is 3. The molecule has 0 radical (unpaired) electrons. The van der Waals surface area contributed by atoms with Gasteiger partial charge >= 0.3 is 0 Å². The predicted octanol–water partition coefficient (Wildman–Crippen LogP) is 0.180. The molecule has 1 aliphatic heterocycles. The summed E-state index contributed by atoms with van der Waals surface area (Å²) in [6, 6.07) is 0. The fraction of sp³-hybridized carbons (Fsp3) is 0.778. The van der Waals surface area contributed by atoms with Crippen LogP contribution in [0.5, 0.6) is 0 Å².